The van der Waals surface area contributed by atoms with Gasteiger partial charge in [-0.3, -0.25) is 4.79 Å². The number of fused-ring (bicyclic) bond motifs is 1. The summed E-state index contributed by atoms with van der Waals surface area (Å²) in [4.78, 5) is 19.3. The Morgan fingerprint density at radius 3 is 3.03 bits per heavy atom. The molecule has 6 nitrogen and oxygen atoms in total. The summed E-state index contributed by atoms with van der Waals surface area (Å²) in [5.41, 5.74) is 1.04. The van der Waals surface area contributed by atoms with Crippen molar-refractivity contribution < 1.29 is 9.53 Å². The molecule has 2 atom stereocenters. The van der Waals surface area contributed by atoms with Crippen LogP contribution in [0.25, 0.3) is 10.2 Å². The Kier molecular flexibility index (Phi) is 8.86. The van der Waals surface area contributed by atoms with Crippen LogP contribution in [0.5, 0.6) is 0 Å². The fraction of sp³-hybridized carbons (Fsp3) is 0.636. The summed E-state index contributed by atoms with van der Waals surface area (Å²) in [7, 11) is 0. The molecule has 0 bridgehead atoms. The first-order valence-electron chi connectivity index (χ1n) is 10.8. The smallest absolute Gasteiger partial charge is 0.233 e. The van der Waals surface area contributed by atoms with Gasteiger partial charge in [-0.15, -0.1) is 11.3 Å². The van der Waals surface area contributed by atoms with Crippen LogP contribution >= 0.6 is 11.3 Å². The normalized spacial score (nSPS) is 20.2. The quantitative estimate of drug-likeness (QED) is 0.549. The van der Waals surface area contributed by atoms with E-state index < -0.39 is 0 Å². The summed E-state index contributed by atoms with van der Waals surface area (Å²) in [6, 6.07) is 8.57. The number of hydrogen-bond donors (Lipinski definition) is 2. The number of nitrogens with one attached hydrogen (secondary N) is 2. The predicted octanol–water partition coefficient (Wildman–Crippen LogP) is 2.68. The van der Waals surface area contributed by atoms with E-state index in [-0.39, 0.29) is 5.91 Å². The molecule has 0 unspecified atom stereocenters. The van der Waals surface area contributed by atoms with Crippen molar-refractivity contribution in [1.29, 1.82) is 0 Å². The van der Waals surface area contributed by atoms with E-state index in [1.165, 1.54) is 4.70 Å². The molecule has 3 rings (SSSR count). The van der Waals surface area contributed by atoms with Gasteiger partial charge in [0.25, 0.3) is 0 Å². The highest BCUT2D eigenvalue weighted by atomic mass is 32.1. The van der Waals surface area contributed by atoms with Gasteiger partial charge in [0.2, 0.25) is 5.91 Å². The first-order valence-corrected chi connectivity index (χ1v) is 11.6. The van der Waals surface area contributed by atoms with E-state index in [0.717, 1.165) is 62.6 Å². The highest BCUT2D eigenvalue weighted by Gasteiger charge is 2.25. The van der Waals surface area contributed by atoms with E-state index in [0.29, 0.717) is 25.0 Å². The summed E-state index contributed by atoms with van der Waals surface area (Å²) >= 11 is 1.70. The first kappa shape index (κ1) is 22.2. The number of benzene rings is 1. The van der Waals surface area contributed by atoms with Crippen molar-refractivity contribution in [2.75, 3.05) is 45.9 Å². The molecule has 2 aromatic rings. The molecular weight excluding hydrogens is 384 g/mol. The first-order chi connectivity index (χ1) is 14.2. The Morgan fingerprint density at radius 2 is 2.24 bits per heavy atom. The number of para-hydroxylation sites is 1. The number of hydrogen-bond acceptors (Lipinski definition) is 6. The highest BCUT2D eigenvalue weighted by molar-refractivity contribution is 7.18. The van der Waals surface area contributed by atoms with E-state index in [1.54, 1.807) is 11.3 Å². The summed E-state index contributed by atoms with van der Waals surface area (Å²) < 4.78 is 6.63. The maximum absolute atomic E-state index is 12.2. The van der Waals surface area contributed by atoms with E-state index in [1.807, 2.05) is 25.1 Å². The van der Waals surface area contributed by atoms with Crippen LogP contribution in [0.15, 0.2) is 24.3 Å². The highest BCUT2D eigenvalue weighted by Crippen LogP contribution is 2.21. The maximum Gasteiger partial charge on any atom is 0.233 e. The van der Waals surface area contributed by atoms with Crippen LogP contribution in [-0.4, -0.2) is 67.8 Å². The monoisotopic (exact) mass is 418 g/mol. The van der Waals surface area contributed by atoms with Gasteiger partial charge in [-0.1, -0.05) is 19.1 Å². The van der Waals surface area contributed by atoms with E-state index in [4.69, 9.17) is 4.74 Å². The average Bonchev–Trinajstić information content (AvgIpc) is 3.13. The minimum Gasteiger partial charge on any atom is -0.382 e. The predicted molar refractivity (Wildman–Crippen MR) is 119 cm³/mol. The van der Waals surface area contributed by atoms with Gasteiger partial charge in [0, 0.05) is 45.3 Å². The van der Waals surface area contributed by atoms with Gasteiger partial charge in [-0.2, -0.15) is 0 Å². The number of aromatic nitrogens is 1. The number of piperidine rings is 1. The molecule has 1 amide bonds. The fourth-order valence-corrected chi connectivity index (χ4v) is 4.86. The lowest BCUT2D eigenvalue weighted by molar-refractivity contribution is -0.120. The topological polar surface area (TPSA) is 66.5 Å². The standard InChI is InChI=1S/C22H34N4O2S/c1-3-28-14-6-12-26-13-10-18(17(2)16-26)24-15-21(27)23-11-9-22-25-19-7-4-5-8-20(19)29-22/h4-5,7-8,17-18,24H,3,6,9-16H2,1-2H3,(H,23,27)/t17-,18+/m1/s1. The van der Waals surface area contributed by atoms with Crippen molar-refractivity contribution in [2.45, 2.75) is 39.2 Å². The molecule has 1 aliphatic heterocycles. The Bertz CT molecular complexity index is 733. The Labute approximate surface area is 178 Å². The van der Waals surface area contributed by atoms with Gasteiger partial charge in [0.1, 0.15) is 0 Å². The molecule has 1 fully saturated rings. The summed E-state index contributed by atoms with van der Waals surface area (Å²) in [6.07, 6.45) is 2.96. The molecule has 1 aromatic carbocycles. The summed E-state index contributed by atoms with van der Waals surface area (Å²) in [5, 5.41) is 7.56. The fourth-order valence-electron chi connectivity index (χ4n) is 3.89. The zero-order valence-electron chi connectivity index (χ0n) is 17.7. The van der Waals surface area contributed by atoms with Gasteiger partial charge < -0.3 is 20.3 Å². The number of amides is 1. The number of likely N-dealkylation sites (tertiary alicyclic amines) is 1. The molecule has 29 heavy (non-hydrogen) atoms. The third-order valence-electron chi connectivity index (χ3n) is 5.48. The van der Waals surface area contributed by atoms with Crippen LogP contribution in [0, 0.1) is 5.92 Å². The van der Waals surface area contributed by atoms with Crippen molar-refractivity contribution in [3.63, 3.8) is 0 Å². The molecule has 0 saturated carbocycles. The molecule has 1 saturated heterocycles. The van der Waals surface area contributed by atoms with Gasteiger partial charge >= 0.3 is 0 Å². The van der Waals surface area contributed by atoms with Crippen molar-refractivity contribution in [2.24, 2.45) is 5.92 Å². The lowest BCUT2D eigenvalue weighted by Gasteiger charge is -2.37. The third kappa shape index (κ3) is 7.03. The number of nitrogens with zero attached hydrogens (tertiary/aromatic N) is 2. The zero-order chi connectivity index (χ0) is 20.5. The molecule has 160 valence electrons. The van der Waals surface area contributed by atoms with E-state index in [2.05, 4.69) is 33.5 Å². The summed E-state index contributed by atoms with van der Waals surface area (Å²) in [6.45, 7) is 10.3. The second-order valence-corrected chi connectivity index (χ2v) is 8.89. The SMILES string of the molecule is CCOCCCN1CC[C@H](NCC(=O)NCCc2nc3ccccc3s2)[C@H](C)C1. The molecule has 0 aliphatic carbocycles. The van der Waals surface area contributed by atoms with Gasteiger partial charge in [0.05, 0.1) is 21.8 Å². The lowest BCUT2D eigenvalue weighted by atomic mass is 9.93. The van der Waals surface area contributed by atoms with Crippen molar-refractivity contribution >= 4 is 27.5 Å². The van der Waals surface area contributed by atoms with Gasteiger partial charge in [-0.05, 0) is 44.4 Å². The second kappa shape index (κ2) is 11.6. The van der Waals surface area contributed by atoms with E-state index in [9.17, 15) is 4.79 Å². The summed E-state index contributed by atoms with van der Waals surface area (Å²) in [5.74, 6) is 0.615. The van der Waals surface area contributed by atoms with Crippen molar-refractivity contribution in [1.82, 2.24) is 20.5 Å². The van der Waals surface area contributed by atoms with Crippen LogP contribution in [0.3, 0.4) is 0 Å². The molecule has 7 heteroatoms. The number of rotatable bonds is 11. The minimum absolute atomic E-state index is 0.0671. The van der Waals surface area contributed by atoms with Crippen LogP contribution < -0.4 is 10.6 Å². The van der Waals surface area contributed by atoms with Gasteiger partial charge in [0.15, 0.2) is 0 Å². The van der Waals surface area contributed by atoms with Crippen molar-refractivity contribution in [3.05, 3.63) is 29.3 Å². The molecule has 2 heterocycles. The second-order valence-electron chi connectivity index (χ2n) is 7.78. The molecule has 1 aromatic heterocycles. The average molecular weight is 419 g/mol. The van der Waals surface area contributed by atoms with Crippen LogP contribution in [-0.2, 0) is 16.0 Å². The van der Waals surface area contributed by atoms with E-state index >= 15 is 0 Å². The number of carbonyl (C=O) groups is 1. The zero-order valence-corrected chi connectivity index (χ0v) is 18.5. The third-order valence-corrected chi connectivity index (χ3v) is 6.58. The molecule has 1 aliphatic rings. The Balaban J connectivity index is 1.30. The van der Waals surface area contributed by atoms with Crippen LogP contribution in [0.2, 0.25) is 0 Å². The van der Waals surface area contributed by atoms with Crippen molar-refractivity contribution in [3.8, 4) is 0 Å². The van der Waals surface area contributed by atoms with Gasteiger partial charge in [-0.25, -0.2) is 4.98 Å². The minimum atomic E-state index is 0.0671. The Morgan fingerprint density at radius 1 is 1.38 bits per heavy atom. The molecule has 0 radical (unpaired) electrons. The number of thiazole rings is 1. The van der Waals surface area contributed by atoms with Crippen LogP contribution in [0.4, 0.5) is 0 Å². The Hall–Kier alpha value is -1.54. The number of carbonyl (C=O) groups excluding carboxylic acids is 1. The largest absolute Gasteiger partial charge is 0.382 e. The maximum atomic E-state index is 12.2. The molecular formula is C22H34N4O2S. The molecule has 0 spiro atoms. The lowest BCUT2D eigenvalue weighted by Crippen LogP contribution is -2.50. The van der Waals surface area contributed by atoms with Crippen LogP contribution in [0.1, 0.15) is 31.7 Å². The number of ether oxygens (including phenoxy) is 1. The molecule has 2 N–H and O–H groups in total.